The molecule has 3 heterocycles. The van der Waals surface area contributed by atoms with Gasteiger partial charge in [0.05, 0.1) is 30.9 Å². The molecule has 0 saturated carbocycles. The second-order valence-electron chi connectivity index (χ2n) is 8.56. The Balaban J connectivity index is 1.43. The van der Waals surface area contributed by atoms with E-state index in [0.717, 1.165) is 43.7 Å². The number of likely N-dealkylation sites (tertiary alicyclic amines) is 1. The van der Waals surface area contributed by atoms with Crippen molar-refractivity contribution < 1.29 is 19.0 Å². The van der Waals surface area contributed by atoms with Crippen molar-refractivity contribution in [3.63, 3.8) is 0 Å². The Labute approximate surface area is 190 Å². The van der Waals surface area contributed by atoms with Crippen molar-refractivity contribution >= 4 is 34.0 Å². The Morgan fingerprint density at radius 1 is 1.31 bits per heavy atom. The summed E-state index contributed by atoms with van der Waals surface area (Å²) in [6.07, 6.45) is 2.28. The molecule has 1 spiro atoms. The van der Waals surface area contributed by atoms with Crippen LogP contribution in [0.2, 0.25) is 5.02 Å². The van der Waals surface area contributed by atoms with Crippen LogP contribution in [0.15, 0.2) is 36.7 Å². The standard InChI is InChI=1S/C23H24ClFN4O3/c1-31-20-9-19-16(22(27-13-26-19)28-15-2-3-18(25)17(24)8-15)6-14(20)7-21(30)29-5-4-23(10-29)11-32-12-23/h2-3,6,8-9,13,21,30H,4-5,7,10-12H2,1H3,(H,26,27,28). The third-order valence-corrected chi connectivity index (χ3v) is 6.62. The number of nitrogens with zero attached hydrogens (tertiary/aromatic N) is 3. The van der Waals surface area contributed by atoms with Crippen LogP contribution < -0.4 is 10.1 Å². The molecule has 3 aromatic rings. The summed E-state index contributed by atoms with van der Waals surface area (Å²) in [6, 6.07) is 8.17. The third kappa shape index (κ3) is 3.99. The van der Waals surface area contributed by atoms with Crippen LogP contribution in [0, 0.1) is 11.2 Å². The fourth-order valence-corrected chi connectivity index (χ4v) is 4.65. The van der Waals surface area contributed by atoms with E-state index in [1.54, 1.807) is 13.2 Å². The Hall–Kier alpha value is -2.52. The predicted octanol–water partition coefficient (Wildman–Crippen LogP) is 3.76. The molecule has 2 aromatic carbocycles. The molecule has 0 amide bonds. The first-order valence-electron chi connectivity index (χ1n) is 10.5. The van der Waals surface area contributed by atoms with Gasteiger partial charge in [-0.25, -0.2) is 14.4 Å². The lowest BCUT2D eigenvalue weighted by atomic mass is 9.85. The van der Waals surface area contributed by atoms with Crippen LogP contribution in [0.5, 0.6) is 5.75 Å². The minimum atomic E-state index is -0.627. The first kappa shape index (κ1) is 21.3. The van der Waals surface area contributed by atoms with Crippen LogP contribution in [0.25, 0.3) is 10.9 Å². The van der Waals surface area contributed by atoms with Crippen molar-refractivity contribution in [2.45, 2.75) is 19.1 Å². The van der Waals surface area contributed by atoms with Crippen LogP contribution in [0.1, 0.15) is 12.0 Å². The summed E-state index contributed by atoms with van der Waals surface area (Å²) < 4.78 is 24.5. The van der Waals surface area contributed by atoms with E-state index in [-0.39, 0.29) is 10.4 Å². The molecular weight excluding hydrogens is 435 g/mol. The average Bonchev–Trinajstić information content (AvgIpc) is 3.23. The molecule has 2 fully saturated rings. The Kier molecular flexibility index (Phi) is 5.63. The van der Waals surface area contributed by atoms with Crippen LogP contribution >= 0.6 is 11.6 Å². The summed E-state index contributed by atoms with van der Waals surface area (Å²) in [5, 5.41) is 14.9. The highest BCUT2D eigenvalue weighted by Gasteiger charge is 2.45. The minimum absolute atomic E-state index is 0.0269. The number of rotatable bonds is 6. The molecule has 2 N–H and O–H groups in total. The van der Waals surface area contributed by atoms with Crippen molar-refractivity contribution in [1.82, 2.24) is 14.9 Å². The summed E-state index contributed by atoms with van der Waals surface area (Å²) in [5.74, 6) is 0.734. The summed E-state index contributed by atoms with van der Waals surface area (Å²) in [5.41, 5.74) is 2.36. The van der Waals surface area contributed by atoms with E-state index in [2.05, 4.69) is 20.2 Å². The first-order chi connectivity index (χ1) is 15.5. The number of benzene rings is 2. The fraction of sp³-hybridized carbons (Fsp3) is 0.391. The van der Waals surface area contributed by atoms with E-state index in [9.17, 15) is 9.50 Å². The molecule has 0 aliphatic carbocycles. The van der Waals surface area contributed by atoms with Gasteiger partial charge in [0.15, 0.2) is 0 Å². The summed E-state index contributed by atoms with van der Waals surface area (Å²) in [6.45, 7) is 3.23. The van der Waals surface area contributed by atoms with E-state index >= 15 is 0 Å². The van der Waals surface area contributed by atoms with Crippen LogP contribution in [-0.4, -0.2) is 59.6 Å². The number of fused-ring (bicyclic) bond motifs is 1. The first-order valence-corrected chi connectivity index (χ1v) is 10.9. The number of anilines is 2. The van der Waals surface area contributed by atoms with E-state index in [1.807, 2.05) is 12.1 Å². The zero-order valence-electron chi connectivity index (χ0n) is 17.6. The monoisotopic (exact) mass is 458 g/mol. The molecule has 2 aliphatic rings. The lowest BCUT2D eigenvalue weighted by molar-refractivity contribution is -0.112. The minimum Gasteiger partial charge on any atom is -0.496 e. The predicted molar refractivity (Wildman–Crippen MR) is 120 cm³/mol. The Bertz CT molecular complexity index is 1160. The number of aromatic nitrogens is 2. The molecule has 9 heteroatoms. The average molecular weight is 459 g/mol. The topological polar surface area (TPSA) is 79.7 Å². The largest absolute Gasteiger partial charge is 0.496 e. The number of hydrogen-bond acceptors (Lipinski definition) is 7. The van der Waals surface area contributed by atoms with Crippen LogP contribution in [0.3, 0.4) is 0 Å². The highest BCUT2D eigenvalue weighted by Crippen LogP contribution is 2.39. The molecule has 1 atom stereocenters. The molecule has 32 heavy (non-hydrogen) atoms. The van der Waals surface area contributed by atoms with Crippen molar-refractivity contribution in [3.05, 3.63) is 53.1 Å². The number of ether oxygens (including phenoxy) is 2. The smallest absolute Gasteiger partial charge is 0.141 e. The highest BCUT2D eigenvalue weighted by atomic mass is 35.5. The van der Waals surface area contributed by atoms with Crippen molar-refractivity contribution in [2.24, 2.45) is 5.41 Å². The van der Waals surface area contributed by atoms with Crippen LogP contribution in [-0.2, 0) is 11.2 Å². The van der Waals surface area contributed by atoms with Gasteiger partial charge in [0, 0.05) is 42.1 Å². The van der Waals surface area contributed by atoms with Crippen molar-refractivity contribution in [2.75, 3.05) is 38.7 Å². The van der Waals surface area contributed by atoms with E-state index in [1.165, 1.54) is 18.5 Å². The SMILES string of the molecule is COc1cc2ncnc(Nc3ccc(F)c(Cl)c3)c2cc1CC(O)N1CCC2(COC2)C1. The van der Waals surface area contributed by atoms with E-state index < -0.39 is 12.0 Å². The molecule has 1 aromatic heterocycles. The number of aliphatic hydroxyl groups is 1. The summed E-state index contributed by atoms with van der Waals surface area (Å²) >= 11 is 5.91. The molecule has 168 valence electrons. The molecule has 0 radical (unpaired) electrons. The van der Waals surface area contributed by atoms with Gasteiger partial charge in [0.1, 0.15) is 29.9 Å². The van der Waals surface area contributed by atoms with Crippen molar-refractivity contribution in [3.8, 4) is 5.75 Å². The molecule has 2 aliphatic heterocycles. The number of hydrogen-bond donors (Lipinski definition) is 2. The third-order valence-electron chi connectivity index (χ3n) is 6.33. The zero-order chi connectivity index (χ0) is 22.3. The van der Waals surface area contributed by atoms with Gasteiger partial charge in [-0.3, -0.25) is 4.90 Å². The molecule has 5 rings (SSSR count). The van der Waals surface area contributed by atoms with Gasteiger partial charge in [0.25, 0.3) is 0 Å². The summed E-state index contributed by atoms with van der Waals surface area (Å²) in [4.78, 5) is 10.8. The quantitative estimate of drug-likeness (QED) is 0.582. The lowest BCUT2D eigenvalue weighted by Gasteiger charge is -2.38. The van der Waals surface area contributed by atoms with Crippen molar-refractivity contribution in [1.29, 1.82) is 0 Å². The van der Waals surface area contributed by atoms with Gasteiger partial charge < -0.3 is 19.9 Å². The highest BCUT2D eigenvalue weighted by molar-refractivity contribution is 6.31. The maximum atomic E-state index is 13.5. The second-order valence-corrected chi connectivity index (χ2v) is 8.96. The van der Waals surface area contributed by atoms with Gasteiger partial charge in [-0.1, -0.05) is 11.6 Å². The zero-order valence-corrected chi connectivity index (χ0v) is 18.4. The van der Waals surface area contributed by atoms with Crippen LogP contribution in [0.4, 0.5) is 15.9 Å². The fourth-order valence-electron chi connectivity index (χ4n) is 4.46. The number of methoxy groups -OCH3 is 1. The maximum absolute atomic E-state index is 13.5. The number of halogens is 2. The molecule has 7 nitrogen and oxygen atoms in total. The summed E-state index contributed by atoms with van der Waals surface area (Å²) in [7, 11) is 1.61. The molecule has 0 bridgehead atoms. The lowest BCUT2D eigenvalue weighted by Crippen LogP contribution is -2.46. The molecule has 1 unspecified atom stereocenters. The maximum Gasteiger partial charge on any atom is 0.141 e. The molecular formula is C23H24ClFN4O3. The Morgan fingerprint density at radius 3 is 2.84 bits per heavy atom. The Morgan fingerprint density at radius 2 is 2.16 bits per heavy atom. The van der Waals surface area contributed by atoms with Gasteiger partial charge in [-0.15, -0.1) is 0 Å². The van der Waals surface area contributed by atoms with Gasteiger partial charge in [0.2, 0.25) is 0 Å². The normalized spacial score (nSPS) is 18.6. The van der Waals surface area contributed by atoms with Gasteiger partial charge in [-0.2, -0.15) is 0 Å². The van der Waals surface area contributed by atoms with Gasteiger partial charge >= 0.3 is 0 Å². The van der Waals surface area contributed by atoms with Gasteiger partial charge in [-0.05, 0) is 36.2 Å². The number of aliphatic hydroxyl groups excluding tert-OH is 1. The van der Waals surface area contributed by atoms with E-state index in [0.29, 0.717) is 29.2 Å². The molecule has 2 saturated heterocycles. The van der Waals surface area contributed by atoms with E-state index in [4.69, 9.17) is 21.1 Å². The number of nitrogens with one attached hydrogen (secondary N) is 1. The second kappa shape index (κ2) is 8.44.